The largest absolute Gasteiger partial charge is 0.323 e. The van der Waals surface area contributed by atoms with E-state index >= 15 is 0 Å². The molecule has 1 fully saturated rings. The third-order valence-corrected chi connectivity index (χ3v) is 4.55. The number of carbonyl (C=O) groups is 2. The van der Waals surface area contributed by atoms with E-state index in [4.69, 9.17) is 23.2 Å². The fraction of sp³-hybridized carbons (Fsp3) is 0.176. The summed E-state index contributed by atoms with van der Waals surface area (Å²) in [5.74, 6) is -3.49. The van der Waals surface area contributed by atoms with Crippen molar-refractivity contribution in [2.45, 2.75) is 6.42 Å². The molecule has 0 saturated carbocycles. The summed E-state index contributed by atoms with van der Waals surface area (Å²) in [6, 6.07) is 7.96. The molecule has 1 N–H and O–H groups in total. The molecule has 1 saturated heterocycles. The van der Waals surface area contributed by atoms with Crippen LogP contribution in [0.15, 0.2) is 36.4 Å². The van der Waals surface area contributed by atoms with Gasteiger partial charge in [0.15, 0.2) is 11.6 Å². The number of para-hydroxylation sites is 1. The lowest BCUT2D eigenvalue weighted by Gasteiger charge is -2.17. The van der Waals surface area contributed by atoms with Gasteiger partial charge in [-0.3, -0.25) is 9.59 Å². The molecule has 2 aromatic rings. The van der Waals surface area contributed by atoms with Crippen molar-refractivity contribution in [3.63, 3.8) is 0 Å². The van der Waals surface area contributed by atoms with Crippen LogP contribution in [0, 0.1) is 17.6 Å². The highest BCUT2D eigenvalue weighted by atomic mass is 35.5. The number of halogens is 4. The Hall–Kier alpha value is -2.18. The number of carbonyl (C=O) groups excluding carboxylic acids is 2. The van der Waals surface area contributed by atoms with Crippen LogP contribution in [0.2, 0.25) is 10.0 Å². The van der Waals surface area contributed by atoms with Crippen LogP contribution in [0.3, 0.4) is 0 Å². The zero-order valence-electron chi connectivity index (χ0n) is 12.7. The van der Waals surface area contributed by atoms with E-state index in [1.807, 2.05) is 0 Å². The summed E-state index contributed by atoms with van der Waals surface area (Å²) in [4.78, 5) is 25.8. The van der Waals surface area contributed by atoms with Crippen molar-refractivity contribution in [3.05, 3.63) is 58.1 Å². The Morgan fingerprint density at radius 1 is 1.12 bits per heavy atom. The van der Waals surface area contributed by atoms with Crippen molar-refractivity contribution in [2.75, 3.05) is 16.8 Å². The number of nitrogens with zero attached hydrogens (tertiary/aromatic N) is 1. The molecular weight excluding hydrogens is 373 g/mol. The average Bonchev–Trinajstić information content (AvgIpc) is 2.95. The predicted molar refractivity (Wildman–Crippen MR) is 91.9 cm³/mol. The summed E-state index contributed by atoms with van der Waals surface area (Å²) in [5.41, 5.74) is 0.476. The van der Waals surface area contributed by atoms with Crippen LogP contribution in [0.5, 0.6) is 0 Å². The van der Waals surface area contributed by atoms with Crippen LogP contribution < -0.4 is 10.2 Å². The molecule has 2 amide bonds. The monoisotopic (exact) mass is 384 g/mol. The fourth-order valence-electron chi connectivity index (χ4n) is 2.63. The molecule has 1 unspecified atom stereocenters. The lowest BCUT2D eigenvalue weighted by molar-refractivity contribution is -0.122. The van der Waals surface area contributed by atoms with Crippen molar-refractivity contribution in [3.8, 4) is 0 Å². The van der Waals surface area contributed by atoms with E-state index in [0.717, 1.165) is 12.1 Å². The molecule has 0 spiro atoms. The van der Waals surface area contributed by atoms with Crippen LogP contribution >= 0.6 is 23.2 Å². The first-order valence-electron chi connectivity index (χ1n) is 7.37. The van der Waals surface area contributed by atoms with E-state index in [0.29, 0.717) is 0 Å². The molecular formula is C17H12Cl2F2N2O2. The summed E-state index contributed by atoms with van der Waals surface area (Å²) in [6.07, 6.45) is -0.0487. The molecule has 3 rings (SSSR count). The van der Waals surface area contributed by atoms with Crippen molar-refractivity contribution in [1.82, 2.24) is 0 Å². The van der Waals surface area contributed by atoms with Gasteiger partial charge in [0.1, 0.15) is 0 Å². The van der Waals surface area contributed by atoms with Gasteiger partial charge in [-0.2, -0.15) is 0 Å². The average molecular weight is 385 g/mol. The minimum absolute atomic E-state index is 0.0487. The standard InChI is InChI=1S/C17H12Cl2F2N2O2/c18-11-2-1-3-12(19)16(11)22-17(25)9-6-15(24)23(8-9)10-4-5-13(20)14(21)7-10/h1-5,7,9H,6,8H2,(H,22,25). The normalized spacial score (nSPS) is 17.0. The highest BCUT2D eigenvalue weighted by molar-refractivity contribution is 6.39. The zero-order valence-corrected chi connectivity index (χ0v) is 14.2. The number of benzene rings is 2. The lowest BCUT2D eigenvalue weighted by atomic mass is 10.1. The molecule has 130 valence electrons. The van der Waals surface area contributed by atoms with Crippen molar-refractivity contribution in [1.29, 1.82) is 0 Å². The molecule has 0 aliphatic carbocycles. The van der Waals surface area contributed by atoms with Crippen LogP contribution in [-0.4, -0.2) is 18.4 Å². The Kier molecular flexibility index (Phi) is 4.92. The highest BCUT2D eigenvalue weighted by Crippen LogP contribution is 2.32. The van der Waals surface area contributed by atoms with Gasteiger partial charge in [-0.15, -0.1) is 0 Å². The lowest BCUT2D eigenvalue weighted by Crippen LogP contribution is -2.28. The molecule has 1 heterocycles. The number of anilines is 2. The number of hydrogen-bond donors (Lipinski definition) is 1. The predicted octanol–water partition coefficient (Wildman–Crippen LogP) is 4.26. The summed E-state index contributed by atoms with van der Waals surface area (Å²) >= 11 is 12.0. The quantitative estimate of drug-likeness (QED) is 0.858. The Bertz CT molecular complexity index is 840. The smallest absolute Gasteiger partial charge is 0.229 e. The van der Waals surface area contributed by atoms with E-state index in [2.05, 4.69) is 5.32 Å². The van der Waals surface area contributed by atoms with Crippen molar-refractivity contribution >= 4 is 46.4 Å². The van der Waals surface area contributed by atoms with Crippen molar-refractivity contribution < 1.29 is 18.4 Å². The maximum absolute atomic E-state index is 13.4. The first-order chi connectivity index (χ1) is 11.9. The van der Waals surface area contributed by atoms with Gasteiger partial charge in [0.2, 0.25) is 11.8 Å². The second-order valence-corrected chi connectivity index (χ2v) is 6.40. The Morgan fingerprint density at radius 2 is 1.80 bits per heavy atom. The summed E-state index contributed by atoms with van der Waals surface area (Å²) in [7, 11) is 0. The molecule has 1 atom stereocenters. The van der Waals surface area contributed by atoms with Crippen LogP contribution in [0.1, 0.15) is 6.42 Å². The Morgan fingerprint density at radius 3 is 2.44 bits per heavy atom. The molecule has 0 bridgehead atoms. The van der Waals surface area contributed by atoms with Gasteiger partial charge in [0.25, 0.3) is 0 Å². The van der Waals surface area contributed by atoms with Crippen molar-refractivity contribution in [2.24, 2.45) is 5.92 Å². The second kappa shape index (κ2) is 6.98. The molecule has 8 heteroatoms. The zero-order chi connectivity index (χ0) is 18.1. The van der Waals surface area contributed by atoms with Gasteiger partial charge < -0.3 is 10.2 Å². The number of nitrogens with one attached hydrogen (secondary N) is 1. The molecule has 1 aliphatic rings. The van der Waals surface area contributed by atoms with E-state index in [1.54, 1.807) is 18.2 Å². The number of hydrogen-bond acceptors (Lipinski definition) is 2. The molecule has 25 heavy (non-hydrogen) atoms. The Balaban J connectivity index is 1.75. The van der Waals surface area contributed by atoms with E-state index in [1.165, 1.54) is 11.0 Å². The van der Waals surface area contributed by atoms with Gasteiger partial charge in [0, 0.05) is 24.7 Å². The van der Waals surface area contributed by atoms with Crippen LogP contribution in [0.4, 0.5) is 20.2 Å². The maximum atomic E-state index is 13.4. The van der Waals surface area contributed by atoms with E-state index in [9.17, 15) is 18.4 Å². The minimum atomic E-state index is -1.05. The van der Waals surface area contributed by atoms with E-state index in [-0.39, 0.29) is 40.3 Å². The second-order valence-electron chi connectivity index (χ2n) is 5.59. The Labute approximate surface area is 152 Å². The fourth-order valence-corrected chi connectivity index (χ4v) is 3.12. The van der Waals surface area contributed by atoms with Crippen LogP contribution in [0.25, 0.3) is 0 Å². The summed E-state index contributed by atoms with van der Waals surface area (Å²) < 4.78 is 26.4. The SMILES string of the molecule is O=C(Nc1c(Cl)cccc1Cl)C1CC(=O)N(c2ccc(F)c(F)c2)C1. The highest BCUT2D eigenvalue weighted by Gasteiger charge is 2.35. The van der Waals surface area contributed by atoms with Gasteiger partial charge in [0.05, 0.1) is 21.7 Å². The molecule has 2 aromatic carbocycles. The first-order valence-corrected chi connectivity index (χ1v) is 8.12. The van der Waals surface area contributed by atoms with Gasteiger partial charge in [-0.1, -0.05) is 29.3 Å². The van der Waals surface area contributed by atoms with Crippen LogP contribution in [-0.2, 0) is 9.59 Å². The molecule has 0 aromatic heterocycles. The topological polar surface area (TPSA) is 49.4 Å². The van der Waals surface area contributed by atoms with Gasteiger partial charge in [-0.25, -0.2) is 8.78 Å². The third kappa shape index (κ3) is 3.60. The molecule has 0 radical (unpaired) electrons. The first kappa shape index (κ1) is 17.6. The van der Waals surface area contributed by atoms with Gasteiger partial charge in [-0.05, 0) is 24.3 Å². The number of rotatable bonds is 3. The molecule has 1 aliphatic heterocycles. The summed E-state index contributed by atoms with van der Waals surface area (Å²) in [5, 5.41) is 3.18. The third-order valence-electron chi connectivity index (χ3n) is 3.92. The minimum Gasteiger partial charge on any atom is -0.323 e. The molecule has 4 nitrogen and oxygen atoms in total. The summed E-state index contributed by atoms with van der Waals surface area (Å²) in [6.45, 7) is 0.0534. The number of amides is 2. The van der Waals surface area contributed by atoms with E-state index < -0.39 is 23.5 Å². The van der Waals surface area contributed by atoms with Gasteiger partial charge >= 0.3 is 0 Å². The maximum Gasteiger partial charge on any atom is 0.229 e.